The Bertz CT molecular complexity index is 396. The second kappa shape index (κ2) is 5.31. The van der Waals surface area contributed by atoms with Gasteiger partial charge in [-0.15, -0.1) is 0 Å². The van der Waals surface area contributed by atoms with Gasteiger partial charge in [-0.25, -0.2) is 0 Å². The first kappa shape index (κ1) is 12.1. The van der Waals surface area contributed by atoms with Crippen molar-refractivity contribution in [2.45, 2.75) is 0 Å². The fourth-order valence-electron chi connectivity index (χ4n) is 1.75. The summed E-state index contributed by atoms with van der Waals surface area (Å²) in [6.45, 7) is 2.34. The Labute approximate surface area is 103 Å². The molecule has 5 nitrogen and oxygen atoms in total. The first-order chi connectivity index (χ1) is 8.18. The molecule has 2 N–H and O–H groups in total. The third-order valence-corrected chi connectivity index (χ3v) is 2.75. The fourth-order valence-corrected chi connectivity index (χ4v) is 1.75. The molecule has 2 rings (SSSR count). The Kier molecular flexibility index (Phi) is 3.78. The molecule has 1 aromatic rings. The SMILES string of the molecule is O=C(c1ccc(B(O)O)cc1)N1CCOCC1.[HH].[HH]. The number of nitrogens with zero attached hydrogens (tertiary/aromatic N) is 1. The lowest BCUT2D eigenvalue weighted by Crippen LogP contribution is -2.40. The number of amides is 1. The summed E-state index contributed by atoms with van der Waals surface area (Å²) in [4.78, 5) is 13.8. The molecule has 0 spiro atoms. The van der Waals surface area contributed by atoms with Gasteiger partial charge in [0, 0.05) is 21.5 Å². The van der Waals surface area contributed by atoms with Crippen LogP contribution in [0.3, 0.4) is 0 Å². The third-order valence-electron chi connectivity index (χ3n) is 2.75. The molecule has 17 heavy (non-hydrogen) atoms. The highest BCUT2D eigenvalue weighted by molar-refractivity contribution is 6.58. The number of morpholine rings is 1. The maximum Gasteiger partial charge on any atom is 0.488 e. The first-order valence-corrected chi connectivity index (χ1v) is 5.51. The van der Waals surface area contributed by atoms with Gasteiger partial charge in [-0.3, -0.25) is 4.79 Å². The van der Waals surface area contributed by atoms with Gasteiger partial charge in [-0.05, 0) is 17.6 Å². The molecule has 0 atom stereocenters. The van der Waals surface area contributed by atoms with Gasteiger partial charge in [0.1, 0.15) is 0 Å². The summed E-state index contributed by atoms with van der Waals surface area (Å²) in [6, 6.07) is 6.29. The molecule has 1 aliphatic rings. The van der Waals surface area contributed by atoms with Crippen LogP contribution in [0.15, 0.2) is 24.3 Å². The minimum Gasteiger partial charge on any atom is -0.423 e. The van der Waals surface area contributed by atoms with Crippen molar-refractivity contribution >= 4 is 18.5 Å². The molecular weight excluding hydrogens is 221 g/mol. The van der Waals surface area contributed by atoms with E-state index in [9.17, 15) is 4.79 Å². The quantitative estimate of drug-likeness (QED) is 0.671. The lowest BCUT2D eigenvalue weighted by molar-refractivity contribution is 0.0303. The standard InChI is InChI=1S/C11H14BNO4.2H2/c14-11(13-5-7-17-8-6-13)9-1-3-10(4-2-9)12(15)16;;/h1-4,15-16H,5-8H2;2*1H. The van der Waals surface area contributed by atoms with E-state index in [0.29, 0.717) is 37.3 Å². The summed E-state index contributed by atoms with van der Waals surface area (Å²) in [5, 5.41) is 17.9. The van der Waals surface area contributed by atoms with Crippen LogP contribution in [0.4, 0.5) is 0 Å². The Morgan fingerprint density at radius 1 is 1.24 bits per heavy atom. The van der Waals surface area contributed by atoms with Crippen LogP contribution >= 0.6 is 0 Å². The minimum absolute atomic E-state index is 0. The summed E-state index contributed by atoms with van der Waals surface area (Å²) in [5.74, 6) is -0.0488. The van der Waals surface area contributed by atoms with Crippen molar-refractivity contribution in [2.24, 2.45) is 0 Å². The van der Waals surface area contributed by atoms with Gasteiger partial charge < -0.3 is 19.7 Å². The lowest BCUT2D eigenvalue weighted by Gasteiger charge is -2.26. The summed E-state index contributed by atoms with van der Waals surface area (Å²) in [7, 11) is -1.50. The van der Waals surface area contributed by atoms with E-state index in [1.807, 2.05) is 0 Å². The van der Waals surface area contributed by atoms with Crippen molar-refractivity contribution in [3.8, 4) is 0 Å². The third kappa shape index (κ3) is 2.85. The average molecular weight is 239 g/mol. The molecule has 1 fully saturated rings. The van der Waals surface area contributed by atoms with Gasteiger partial charge in [-0.1, -0.05) is 12.1 Å². The van der Waals surface area contributed by atoms with Crippen LogP contribution in [-0.4, -0.2) is 54.3 Å². The van der Waals surface area contributed by atoms with Crippen LogP contribution in [0.1, 0.15) is 13.2 Å². The first-order valence-electron chi connectivity index (χ1n) is 5.51. The summed E-state index contributed by atoms with van der Waals surface area (Å²) < 4.78 is 5.18. The number of hydrogen-bond donors (Lipinski definition) is 2. The number of rotatable bonds is 2. The number of ether oxygens (including phenoxy) is 1. The fraction of sp³-hybridized carbons (Fsp3) is 0.364. The second-order valence-corrected chi connectivity index (χ2v) is 3.90. The van der Waals surface area contributed by atoms with Crippen molar-refractivity contribution in [1.82, 2.24) is 4.90 Å². The highest BCUT2D eigenvalue weighted by Crippen LogP contribution is 2.06. The maximum absolute atomic E-state index is 12.0. The van der Waals surface area contributed by atoms with Crippen LogP contribution in [-0.2, 0) is 4.74 Å². The maximum atomic E-state index is 12.0. The number of benzene rings is 1. The van der Waals surface area contributed by atoms with Crippen LogP contribution in [0.2, 0.25) is 0 Å². The van der Waals surface area contributed by atoms with E-state index >= 15 is 0 Å². The van der Waals surface area contributed by atoms with Crippen LogP contribution in [0.5, 0.6) is 0 Å². The van der Waals surface area contributed by atoms with Gasteiger partial charge in [0.15, 0.2) is 0 Å². The predicted molar refractivity (Wildman–Crippen MR) is 67.2 cm³/mol. The molecular formula is C11H18BNO4. The van der Waals surface area contributed by atoms with Gasteiger partial charge in [0.25, 0.3) is 5.91 Å². The van der Waals surface area contributed by atoms with Crippen molar-refractivity contribution in [1.29, 1.82) is 0 Å². The zero-order valence-corrected chi connectivity index (χ0v) is 9.37. The molecule has 1 aliphatic heterocycles. The summed E-state index contributed by atoms with van der Waals surface area (Å²) in [5.41, 5.74) is 0.930. The van der Waals surface area contributed by atoms with Crippen molar-refractivity contribution in [3.63, 3.8) is 0 Å². The van der Waals surface area contributed by atoms with E-state index in [1.165, 1.54) is 0 Å². The van der Waals surface area contributed by atoms with Crippen LogP contribution in [0.25, 0.3) is 0 Å². The van der Waals surface area contributed by atoms with Gasteiger partial charge in [0.05, 0.1) is 13.2 Å². The number of carbonyl (C=O) groups excluding carboxylic acids is 1. The lowest BCUT2D eigenvalue weighted by atomic mass is 9.80. The van der Waals surface area contributed by atoms with Crippen molar-refractivity contribution < 1.29 is 22.4 Å². The average Bonchev–Trinajstić information content (AvgIpc) is 2.39. The molecule has 94 valence electrons. The zero-order chi connectivity index (χ0) is 12.3. The molecule has 0 aromatic heterocycles. The number of carbonyl (C=O) groups is 1. The Balaban J connectivity index is 0.00000162. The minimum atomic E-state index is -1.50. The monoisotopic (exact) mass is 239 g/mol. The van der Waals surface area contributed by atoms with E-state index in [4.69, 9.17) is 14.8 Å². The number of hydrogen-bond acceptors (Lipinski definition) is 4. The predicted octanol–water partition coefficient (Wildman–Crippen LogP) is -0.669. The molecule has 0 bridgehead atoms. The second-order valence-electron chi connectivity index (χ2n) is 3.90. The van der Waals surface area contributed by atoms with Gasteiger partial charge in [0.2, 0.25) is 0 Å². The van der Waals surface area contributed by atoms with Crippen LogP contribution < -0.4 is 5.46 Å². The molecule has 1 amide bonds. The summed E-state index contributed by atoms with van der Waals surface area (Å²) >= 11 is 0. The van der Waals surface area contributed by atoms with E-state index < -0.39 is 7.12 Å². The molecule has 0 saturated carbocycles. The summed E-state index contributed by atoms with van der Waals surface area (Å²) in [6.07, 6.45) is 0. The molecule has 1 heterocycles. The zero-order valence-electron chi connectivity index (χ0n) is 9.37. The van der Waals surface area contributed by atoms with Crippen molar-refractivity contribution in [3.05, 3.63) is 29.8 Å². The van der Waals surface area contributed by atoms with Gasteiger partial charge >= 0.3 is 7.12 Å². The molecule has 1 aromatic carbocycles. The largest absolute Gasteiger partial charge is 0.488 e. The topological polar surface area (TPSA) is 70.0 Å². The van der Waals surface area contributed by atoms with Crippen LogP contribution in [0, 0.1) is 0 Å². The molecule has 1 saturated heterocycles. The normalized spacial score (nSPS) is 15.8. The van der Waals surface area contributed by atoms with E-state index in [1.54, 1.807) is 29.2 Å². The highest BCUT2D eigenvalue weighted by Gasteiger charge is 2.19. The Hall–Kier alpha value is -1.37. The molecule has 0 unspecified atom stereocenters. The van der Waals surface area contributed by atoms with Crippen molar-refractivity contribution in [2.75, 3.05) is 26.3 Å². The smallest absolute Gasteiger partial charge is 0.423 e. The van der Waals surface area contributed by atoms with E-state index in [0.717, 1.165) is 0 Å². The highest BCUT2D eigenvalue weighted by atomic mass is 16.5. The molecule has 6 heteroatoms. The molecule has 0 aliphatic carbocycles. The molecule has 0 radical (unpaired) electrons. The van der Waals surface area contributed by atoms with E-state index in [2.05, 4.69) is 0 Å². The Morgan fingerprint density at radius 3 is 2.35 bits per heavy atom. The van der Waals surface area contributed by atoms with Gasteiger partial charge in [-0.2, -0.15) is 0 Å². The Morgan fingerprint density at radius 2 is 1.82 bits per heavy atom. The van der Waals surface area contributed by atoms with E-state index in [-0.39, 0.29) is 8.76 Å².